The lowest BCUT2D eigenvalue weighted by Crippen LogP contribution is -3.13. The van der Waals surface area contributed by atoms with Gasteiger partial charge in [0, 0.05) is 37.7 Å². The van der Waals surface area contributed by atoms with Crippen molar-refractivity contribution in [3.8, 4) is 5.75 Å². The lowest BCUT2D eigenvalue weighted by molar-refractivity contribution is -0.907. The topological polar surface area (TPSA) is 28.9 Å². The summed E-state index contributed by atoms with van der Waals surface area (Å²) < 4.78 is 5.25. The summed E-state index contributed by atoms with van der Waals surface area (Å²) in [6.07, 6.45) is 5.04. The Morgan fingerprint density at radius 2 is 2.13 bits per heavy atom. The van der Waals surface area contributed by atoms with Crippen LogP contribution in [-0.4, -0.2) is 49.8 Å². The Kier molecular flexibility index (Phi) is 7.12. The Bertz CT molecular complexity index is 501. The number of likely N-dealkylation sites (tertiary alicyclic amines) is 1. The number of thiocarbonyl (C=S) groups is 1. The highest BCUT2D eigenvalue weighted by Crippen LogP contribution is 2.18. The number of methoxy groups -OCH3 is 1. The van der Waals surface area contributed by atoms with E-state index in [2.05, 4.69) is 24.2 Å². The molecule has 1 aliphatic rings. The molecule has 1 unspecified atom stereocenters. The smallest absolute Gasteiger partial charge is 0.173 e. The Hall–Kier alpha value is -1.33. The zero-order valence-corrected chi connectivity index (χ0v) is 15.4. The second kappa shape index (κ2) is 9.08. The minimum absolute atomic E-state index is 0.775. The first-order valence-electron chi connectivity index (χ1n) is 8.66. The number of unbranched alkanes of at least 4 members (excludes halogenated alkanes) is 1. The molecular formula is C18H30N3OS+. The minimum Gasteiger partial charge on any atom is -0.497 e. The fraction of sp³-hybridized carbons (Fsp3) is 0.611. The van der Waals surface area contributed by atoms with E-state index >= 15 is 0 Å². The van der Waals surface area contributed by atoms with E-state index in [1.165, 1.54) is 32.2 Å². The molecule has 0 saturated carbocycles. The number of ether oxygens (including phenoxy) is 1. The van der Waals surface area contributed by atoms with E-state index in [-0.39, 0.29) is 0 Å². The zero-order valence-electron chi connectivity index (χ0n) is 14.6. The maximum atomic E-state index is 5.58. The Balaban J connectivity index is 1.81. The normalized spacial score (nSPS) is 16.9. The molecule has 5 heteroatoms. The summed E-state index contributed by atoms with van der Waals surface area (Å²) in [4.78, 5) is 3.97. The summed E-state index contributed by atoms with van der Waals surface area (Å²) in [5, 5.41) is 4.16. The molecule has 2 rings (SSSR count). The van der Waals surface area contributed by atoms with Crippen LogP contribution in [0.3, 0.4) is 0 Å². The van der Waals surface area contributed by atoms with E-state index in [1.807, 2.05) is 24.3 Å². The van der Waals surface area contributed by atoms with Gasteiger partial charge in [0.25, 0.3) is 0 Å². The zero-order chi connectivity index (χ0) is 16.7. The number of nitrogens with zero attached hydrogens (tertiary/aromatic N) is 1. The van der Waals surface area contributed by atoms with E-state index in [1.54, 1.807) is 12.0 Å². The highest BCUT2D eigenvalue weighted by molar-refractivity contribution is 7.80. The van der Waals surface area contributed by atoms with Gasteiger partial charge in [0.2, 0.25) is 0 Å². The molecule has 1 fully saturated rings. The van der Waals surface area contributed by atoms with Gasteiger partial charge in [0.05, 0.1) is 26.7 Å². The van der Waals surface area contributed by atoms with Crippen LogP contribution in [0.5, 0.6) is 5.75 Å². The van der Waals surface area contributed by atoms with Crippen molar-refractivity contribution >= 4 is 23.0 Å². The molecule has 0 spiro atoms. The maximum Gasteiger partial charge on any atom is 0.173 e. The number of quaternary nitrogens is 1. The van der Waals surface area contributed by atoms with Gasteiger partial charge in [-0.2, -0.15) is 0 Å². The number of benzene rings is 1. The monoisotopic (exact) mass is 336 g/mol. The van der Waals surface area contributed by atoms with E-state index in [0.717, 1.165) is 35.7 Å². The van der Waals surface area contributed by atoms with Crippen LogP contribution in [0.2, 0.25) is 0 Å². The first-order valence-corrected chi connectivity index (χ1v) is 9.07. The van der Waals surface area contributed by atoms with Gasteiger partial charge in [-0.25, -0.2) is 0 Å². The summed E-state index contributed by atoms with van der Waals surface area (Å²) in [6.45, 7) is 5.64. The van der Waals surface area contributed by atoms with Crippen LogP contribution in [0.25, 0.3) is 0 Å². The predicted molar refractivity (Wildman–Crippen MR) is 100 cm³/mol. The molecule has 4 nitrogen and oxygen atoms in total. The number of piperidine rings is 1. The molecule has 2 N–H and O–H groups in total. The van der Waals surface area contributed by atoms with Crippen molar-refractivity contribution in [2.75, 3.05) is 39.1 Å². The molecule has 1 aliphatic heterocycles. The van der Waals surface area contributed by atoms with Gasteiger partial charge in [-0.3, -0.25) is 0 Å². The van der Waals surface area contributed by atoms with Gasteiger partial charge >= 0.3 is 0 Å². The molecule has 0 aromatic heterocycles. The van der Waals surface area contributed by atoms with Crippen LogP contribution in [0, 0.1) is 0 Å². The number of nitrogens with one attached hydrogen (secondary N) is 2. The molecule has 0 amide bonds. The molecule has 0 radical (unpaired) electrons. The van der Waals surface area contributed by atoms with Crippen molar-refractivity contribution in [2.45, 2.75) is 38.6 Å². The average Bonchev–Trinajstić information content (AvgIpc) is 2.60. The fourth-order valence-electron chi connectivity index (χ4n) is 3.14. The minimum atomic E-state index is 0.775. The molecule has 1 heterocycles. The SMILES string of the molecule is CCCC[NH+](C)C1CCN(C(=S)Nc2cccc(OC)c2)CC1. The van der Waals surface area contributed by atoms with E-state index < -0.39 is 0 Å². The third-order valence-electron chi connectivity index (χ3n) is 4.72. The summed E-state index contributed by atoms with van der Waals surface area (Å²) in [6, 6.07) is 8.68. The van der Waals surface area contributed by atoms with Crippen LogP contribution >= 0.6 is 12.2 Å². The predicted octanol–water partition coefficient (Wildman–Crippen LogP) is 2.17. The lowest BCUT2D eigenvalue weighted by Gasteiger charge is -2.36. The molecule has 0 bridgehead atoms. The molecule has 0 aliphatic carbocycles. The number of hydrogen-bond acceptors (Lipinski definition) is 2. The standard InChI is InChI=1S/C18H29N3OS/c1-4-5-11-20(2)16-9-12-21(13-10-16)18(23)19-15-7-6-8-17(14-15)22-3/h6-8,14,16H,4-5,9-13H2,1-3H3,(H,19,23)/p+1. The Morgan fingerprint density at radius 3 is 2.78 bits per heavy atom. The summed E-state index contributed by atoms with van der Waals surface area (Å²) in [5.74, 6) is 0.845. The summed E-state index contributed by atoms with van der Waals surface area (Å²) in [5.41, 5.74) is 0.988. The van der Waals surface area contributed by atoms with Crippen molar-refractivity contribution in [3.05, 3.63) is 24.3 Å². The first kappa shape index (κ1) is 18.0. The van der Waals surface area contributed by atoms with Gasteiger partial charge in [-0.1, -0.05) is 19.4 Å². The van der Waals surface area contributed by atoms with Gasteiger partial charge in [0.15, 0.2) is 5.11 Å². The highest BCUT2D eigenvalue weighted by Gasteiger charge is 2.26. The molecular weight excluding hydrogens is 306 g/mol. The average molecular weight is 337 g/mol. The van der Waals surface area contributed by atoms with Crippen LogP contribution in [-0.2, 0) is 0 Å². The van der Waals surface area contributed by atoms with Crippen molar-refractivity contribution in [3.63, 3.8) is 0 Å². The maximum absolute atomic E-state index is 5.58. The number of hydrogen-bond donors (Lipinski definition) is 2. The fourth-order valence-corrected chi connectivity index (χ4v) is 3.44. The van der Waals surface area contributed by atoms with Crippen LogP contribution in [0.4, 0.5) is 5.69 Å². The van der Waals surface area contributed by atoms with Crippen molar-refractivity contribution in [2.24, 2.45) is 0 Å². The van der Waals surface area contributed by atoms with Crippen LogP contribution < -0.4 is 15.0 Å². The first-order chi connectivity index (χ1) is 11.1. The van der Waals surface area contributed by atoms with E-state index in [9.17, 15) is 0 Å². The third-order valence-corrected chi connectivity index (χ3v) is 5.09. The second-order valence-electron chi connectivity index (χ2n) is 6.37. The van der Waals surface area contributed by atoms with Gasteiger partial charge < -0.3 is 19.9 Å². The third kappa shape index (κ3) is 5.36. The molecule has 1 saturated heterocycles. The Morgan fingerprint density at radius 1 is 1.39 bits per heavy atom. The van der Waals surface area contributed by atoms with Crippen molar-refractivity contribution in [1.82, 2.24) is 4.90 Å². The van der Waals surface area contributed by atoms with Gasteiger partial charge in [0.1, 0.15) is 5.75 Å². The quantitative estimate of drug-likeness (QED) is 0.779. The molecule has 1 atom stereocenters. The lowest BCUT2D eigenvalue weighted by atomic mass is 10.0. The van der Waals surface area contributed by atoms with E-state index in [4.69, 9.17) is 17.0 Å². The van der Waals surface area contributed by atoms with E-state index in [0.29, 0.717) is 0 Å². The summed E-state index contributed by atoms with van der Waals surface area (Å²) >= 11 is 5.58. The van der Waals surface area contributed by atoms with Crippen LogP contribution in [0.1, 0.15) is 32.6 Å². The van der Waals surface area contributed by atoms with Crippen molar-refractivity contribution in [1.29, 1.82) is 0 Å². The molecule has 128 valence electrons. The molecule has 1 aromatic carbocycles. The molecule has 23 heavy (non-hydrogen) atoms. The largest absolute Gasteiger partial charge is 0.497 e. The Labute approximate surface area is 145 Å². The van der Waals surface area contributed by atoms with Crippen LogP contribution in [0.15, 0.2) is 24.3 Å². The van der Waals surface area contributed by atoms with Gasteiger partial charge in [-0.15, -0.1) is 0 Å². The number of anilines is 1. The van der Waals surface area contributed by atoms with Crippen molar-refractivity contribution < 1.29 is 9.64 Å². The molecule has 1 aromatic rings. The number of rotatable bonds is 6. The summed E-state index contributed by atoms with van der Waals surface area (Å²) in [7, 11) is 4.02. The van der Waals surface area contributed by atoms with Gasteiger partial charge in [-0.05, 0) is 30.8 Å². The second-order valence-corrected chi connectivity index (χ2v) is 6.76. The highest BCUT2D eigenvalue weighted by atomic mass is 32.1.